The second-order valence-corrected chi connectivity index (χ2v) is 9.90. The zero-order valence-electron chi connectivity index (χ0n) is 21.1. The van der Waals surface area contributed by atoms with E-state index in [4.69, 9.17) is 9.57 Å². The topological polar surface area (TPSA) is 93.3 Å². The maximum absolute atomic E-state index is 14.7. The van der Waals surface area contributed by atoms with E-state index in [1.165, 1.54) is 17.3 Å². The molecular weight excluding hydrogens is 473 g/mol. The number of pyridine rings is 1. The van der Waals surface area contributed by atoms with E-state index < -0.39 is 5.82 Å². The van der Waals surface area contributed by atoms with Crippen molar-refractivity contribution in [1.29, 1.82) is 5.26 Å². The Morgan fingerprint density at radius 2 is 1.97 bits per heavy atom. The predicted octanol–water partition coefficient (Wildman–Crippen LogP) is 4.99. The molecule has 0 spiro atoms. The summed E-state index contributed by atoms with van der Waals surface area (Å²) in [6, 6.07) is 10.5. The molecule has 1 saturated carbocycles. The van der Waals surface area contributed by atoms with E-state index in [1.54, 1.807) is 23.0 Å². The lowest BCUT2D eigenvalue weighted by atomic mass is 9.81. The Kier molecular flexibility index (Phi) is 7.19. The Hall–Kier alpha value is -3.77. The number of carbonyl (C=O) groups is 1. The summed E-state index contributed by atoms with van der Waals surface area (Å²) in [6.07, 6.45) is 6.99. The third kappa shape index (κ3) is 5.35. The molecule has 37 heavy (non-hydrogen) atoms. The summed E-state index contributed by atoms with van der Waals surface area (Å²) in [6.45, 7) is 4.71. The second kappa shape index (κ2) is 10.7. The molecule has 8 nitrogen and oxygen atoms in total. The number of amides is 1. The molecule has 1 atom stereocenters. The molecule has 0 radical (unpaired) electrons. The molecule has 192 valence electrons. The SMILES string of the molecule is Cc1cc(C)n(-c2ccc(OCC3CCC(C(=O)N4OCC[C@H]4c4cncc(C#N)c4)CC3)c(F)c2)n1. The highest BCUT2D eigenvalue weighted by Gasteiger charge is 2.37. The van der Waals surface area contributed by atoms with Crippen molar-refractivity contribution < 1.29 is 18.8 Å². The molecule has 1 aliphatic carbocycles. The third-order valence-corrected chi connectivity index (χ3v) is 7.24. The van der Waals surface area contributed by atoms with E-state index in [1.807, 2.05) is 26.0 Å². The van der Waals surface area contributed by atoms with E-state index in [0.717, 1.165) is 42.6 Å². The summed E-state index contributed by atoms with van der Waals surface area (Å²) in [5, 5.41) is 15.1. The summed E-state index contributed by atoms with van der Waals surface area (Å²) in [7, 11) is 0. The number of hydroxylamine groups is 2. The number of halogens is 1. The van der Waals surface area contributed by atoms with Crippen LogP contribution in [0.25, 0.3) is 5.69 Å². The van der Waals surface area contributed by atoms with Crippen LogP contribution in [0.2, 0.25) is 0 Å². The average Bonchev–Trinajstić information content (AvgIpc) is 3.54. The highest BCUT2D eigenvalue weighted by molar-refractivity contribution is 5.78. The van der Waals surface area contributed by atoms with Crippen LogP contribution in [0.1, 0.15) is 60.7 Å². The smallest absolute Gasteiger partial charge is 0.249 e. The van der Waals surface area contributed by atoms with Crippen molar-refractivity contribution in [1.82, 2.24) is 19.8 Å². The van der Waals surface area contributed by atoms with Gasteiger partial charge in [0, 0.05) is 36.5 Å². The average molecular weight is 504 g/mol. The van der Waals surface area contributed by atoms with Crippen LogP contribution in [0.5, 0.6) is 5.75 Å². The van der Waals surface area contributed by atoms with E-state index in [2.05, 4.69) is 16.2 Å². The van der Waals surface area contributed by atoms with E-state index in [0.29, 0.717) is 30.9 Å². The molecule has 1 aliphatic heterocycles. The predicted molar refractivity (Wildman–Crippen MR) is 133 cm³/mol. The normalized spacial score (nSPS) is 21.6. The van der Waals surface area contributed by atoms with Gasteiger partial charge in [0.1, 0.15) is 6.07 Å². The van der Waals surface area contributed by atoms with E-state index >= 15 is 0 Å². The van der Waals surface area contributed by atoms with Crippen molar-refractivity contribution in [2.75, 3.05) is 13.2 Å². The summed E-state index contributed by atoms with van der Waals surface area (Å²) >= 11 is 0. The highest BCUT2D eigenvalue weighted by Crippen LogP contribution is 2.36. The Morgan fingerprint density at radius 1 is 1.16 bits per heavy atom. The molecule has 2 fully saturated rings. The minimum absolute atomic E-state index is 0.0185. The van der Waals surface area contributed by atoms with Gasteiger partial charge in [0.15, 0.2) is 11.6 Å². The number of nitrogens with zero attached hydrogens (tertiary/aromatic N) is 5. The van der Waals surface area contributed by atoms with Crippen LogP contribution in [0.4, 0.5) is 4.39 Å². The number of aryl methyl sites for hydroxylation is 2. The summed E-state index contributed by atoms with van der Waals surface area (Å²) in [4.78, 5) is 23.1. The van der Waals surface area contributed by atoms with Gasteiger partial charge in [-0.25, -0.2) is 14.1 Å². The van der Waals surface area contributed by atoms with E-state index in [-0.39, 0.29) is 29.5 Å². The quantitative estimate of drug-likeness (QED) is 0.471. The molecule has 1 aromatic carbocycles. The zero-order valence-corrected chi connectivity index (χ0v) is 21.1. The number of benzene rings is 1. The summed E-state index contributed by atoms with van der Waals surface area (Å²) < 4.78 is 22.3. The minimum Gasteiger partial charge on any atom is -0.490 e. The van der Waals surface area contributed by atoms with Crippen LogP contribution in [-0.2, 0) is 9.63 Å². The number of hydrogen-bond donors (Lipinski definition) is 0. The molecule has 2 aromatic heterocycles. The number of aromatic nitrogens is 3. The Labute approximate surface area is 215 Å². The first-order valence-electron chi connectivity index (χ1n) is 12.7. The molecule has 0 bridgehead atoms. The number of carbonyl (C=O) groups excluding carboxylic acids is 1. The first kappa shape index (κ1) is 24.9. The van der Waals surface area contributed by atoms with Gasteiger partial charge >= 0.3 is 0 Å². The van der Waals surface area contributed by atoms with Gasteiger partial charge < -0.3 is 4.74 Å². The van der Waals surface area contributed by atoms with Crippen molar-refractivity contribution in [3.63, 3.8) is 0 Å². The van der Waals surface area contributed by atoms with Gasteiger partial charge in [-0.3, -0.25) is 14.6 Å². The van der Waals surface area contributed by atoms with Crippen LogP contribution < -0.4 is 4.74 Å². The maximum Gasteiger partial charge on any atom is 0.249 e. The lowest BCUT2D eigenvalue weighted by Crippen LogP contribution is -2.37. The number of rotatable bonds is 6. The monoisotopic (exact) mass is 503 g/mol. The summed E-state index contributed by atoms with van der Waals surface area (Å²) in [5.41, 5.74) is 3.76. The Bertz CT molecular complexity index is 1330. The Balaban J connectivity index is 1.14. The van der Waals surface area contributed by atoms with Gasteiger partial charge in [0.25, 0.3) is 0 Å². The minimum atomic E-state index is -0.416. The molecule has 1 saturated heterocycles. The highest BCUT2D eigenvalue weighted by atomic mass is 19.1. The van der Waals surface area contributed by atoms with Crippen LogP contribution in [-0.4, -0.2) is 38.9 Å². The summed E-state index contributed by atoms with van der Waals surface area (Å²) in [5.74, 6) is -0.0761. The van der Waals surface area contributed by atoms with Crippen molar-refractivity contribution in [2.45, 2.75) is 52.0 Å². The molecule has 0 unspecified atom stereocenters. The molecule has 2 aliphatic rings. The number of nitriles is 1. The van der Waals surface area contributed by atoms with Gasteiger partial charge in [0.2, 0.25) is 5.91 Å². The van der Waals surface area contributed by atoms with Crippen molar-refractivity contribution in [3.05, 3.63) is 71.1 Å². The Morgan fingerprint density at radius 3 is 2.68 bits per heavy atom. The maximum atomic E-state index is 14.7. The van der Waals surface area contributed by atoms with Crippen molar-refractivity contribution in [3.8, 4) is 17.5 Å². The molecule has 0 N–H and O–H groups in total. The zero-order chi connectivity index (χ0) is 25.9. The second-order valence-electron chi connectivity index (χ2n) is 9.90. The lowest BCUT2D eigenvalue weighted by Gasteiger charge is -2.31. The van der Waals surface area contributed by atoms with Gasteiger partial charge in [-0.05, 0) is 75.3 Å². The lowest BCUT2D eigenvalue weighted by molar-refractivity contribution is -0.183. The molecule has 1 amide bonds. The standard InChI is InChI=1S/C28H30FN5O3/c1-18-11-19(2)33(32-18)24-7-8-27(25(29)13-24)36-17-20-3-5-22(6-4-20)28(35)34-26(9-10-37-34)23-12-21(14-30)15-31-16-23/h7-8,11-13,15-16,20,22,26H,3-6,9-10,17H2,1-2H3/t20?,22?,26-/m0/s1. The number of ether oxygens (including phenoxy) is 1. The number of hydrogen-bond acceptors (Lipinski definition) is 6. The van der Waals surface area contributed by atoms with Gasteiger partial charge in [-0.1, -0.05) is 0 Å². The molecule has 3 aromatic rings. The molecule has 5 rings (SSSR count). The van der Waals surface area contributed by atoms with Crippen LogP contribution in [0.15, 0.2) is 42.7 Å². The van der Waals surface area contributed by atoms with Gasteiger partial charge in [-0.2, -0.15) is 10.4 Å². The van der Waals surface area contributed by atoms with Gasteiger partial charge in [-0.15, -0.1) is 0 Å². The van der Waals surface area contributed by atoms with Crippen molar-refractivity contribution >= 4 is 5.91 Å². The fourth-order valence-electron chi connectivity index (χ4n) is 5.28. The first-order valence-corrected chi connectivity index (χ1v) is 12.7. The van der Waals surface area contributed by atoms with Crippen molar-refractivity contribution in [2.24, 2.45) is 11.8 Å². The molecular formula is C28H30FN5O3. The fraction of sp³-hybridized carbons (Fsp3) is 0.429. The third-order valence-electron chi connectivity index (χ3n) is 7.24. The largest absolute Gasteiger partial charge is 0.490 e. The fourth-order valence-corrected chi connectivity index (χ4v) is 5.28. The van der Waals surface area contributed by atoms with Gasteiger partial charge in [0.05, 0.1) is 36.2 Å². The molecule has 9 heteroatoms. The van der Waals surface area contributed by atoms with Crippen LogP contribution in [0, 0.1) is 42.8 Å². The first-order chi connectivity index (χ1) is 17.9. The molecule has 3 heterocycles. The van der Waals surface area contributed by atoms with Crippen LogP contribution >= 0.6 is 0 Å². The van der Waals surface area contributed by atoms with Crippen LogP contribution in [0.3, 0.4) is 0 Å². The van der Waals surface area contributed by atoms with E-state index in [9.17, 15) is 14.4 Å².